The third-order valence-electron chi connectivity index (χ3n) is 3.44. The van der Waals surface area contributed by atoms with E-state index in [1.54, 1.807) is 6.07 Å². The Morgan fingerprint density at radius 3 is 2.23 bits per heavy atom. The van der Waals surface area contributed by atoms with Crippen LogP contribution in [0.25, 0.3) is 11.1 Å². The molecule has 0 fully saturated rings. The smallest absolute Gasteiger partial charge is 0.221 e. The van der Waals surface area contributed by atoms with Crippen LogP contribution in [0.3, 0.4) is 0 Å². The van der Waals surface area contributed by atoms with Crippen molar-refractivity contribution < 1.29 is 14.0 Å². The van der Waals surface area contributed by atoms with Crippen LogP contribution in [0.1, 0.15) is 12.0 Å². The van der Waals surface area contributed by atoms with Crippen LogP contribution < -0.4 is 11.5 Å². The molecule has 0 saturated carbocycles. The summed E-state index contributed by atoms with van der Waals surface area (Å²) in [6.07, 6.45) is 0.280. The molecule has 0 spiro atoms. The molecule has 22 heavy (non-hydrogen) atoms. The zero-order chi connectivity index (χ0) is 16.1. The molecule has 114 valence electrons. The van der Waals surface area contributed by atoms with Gasteiger partial charge in [0.1, 0.15) is 5.82 Å². The molecule has 0 heterocycles. The molecule has 2 aromatic rings. The van der Waals surface area contributed by atoms with Gasteiger partial charge >= 0.3 is 0 Å². The van der Waals surface area contributed by atoms with Gasteiger partial charge in [-0.25, -0.2) is 4.39 Å². The molecule has 2 amide bonds. The second kappa shape index (κ2) is 6.85. The summed E-state index contributed by atoms with van der Waals surface area (Å²) in [7, 11) is 0. The Kier molecular flexibility index (Phi) is 4.88. The summed E-state index contributed by atoms with van der Waals surface area (Å²) in [6, 6.07) is 13.6. The zero-order valence-electron chi connectivity index (χ0n) is 12.0. The highest BCUT2D eigenvalue weighted by Crippen LogP contribution is 2.22. The lowest BCUT2D eigenvalue weighted by molar-refractivity contribution is -0.126. The Morgan fingerprint density at radius 2 is 1.68 bits per heavy atom. The van der Waals surface area contributed by atoms with Crippen LogP contribution in [0.5, 0.6) is 0 Å². The molecule has 0 bridgehead atoms. The number of halogens is 1. The van der Waals surface area contributed by atoms with E-state index in [0.717, 1.165) is 16.7 Å². The predicted octanol–water partition coefficient (Wildman–Crippen LogP) is 2.01. The summed E-state index contributed by atoms with van der Waals surface area (Å²) >= 11 is 0. The minimum atomic E-state index is -0.613. The molecule has 2 rings (SSSR count). The lowest BCUT2D eigenvalue weighted by atomic mass is 9.94. The molecule has 5 heteroatoms. The molecule has 4 nitrogen and oxygen atoms in total. The molecular weight excluding hydrogens is 283 g/mol. The Morgan fingerprint density at radius 1 is 1.00 bits per heavy atom. The molecule has 0 radical (unpaired) electrons. The van der Waals surface area contributed by atoms with Crippen molar-refractivity contribution in [2.45, 2.75) is 12.8 Å². The first-order valence-corrected chi connectivity index (χ1v) is 6.88. The maximum atomic E-state index is 13.2. The second-order valence-electron chi connectivity index (χ2n) is 5.18. The summed E-state index contributed by atoms with van der Waals surface area (Å²) in [6.45, 7) is 0. The monoisotopic (exact) mass is 300 g/mol. The van der Waals surface area contributed by atoms with Gasteiger partial charge in [-0.15, -0.1) is 0 Å². The number of rotatable bonds is 6. The lowest BCUT2D eigenvalue weighted by Crippen LogP contribution is -2.29. The molecule has 1 atom stereocenters. The molecule has 2 aromatic carbocycles. The molecule has 1 unspecified atom stereocenters. The maximum absolute atomic E-state index is 13.2. The molecule has 0 aromatic heterocycles. The number of primary amides is 2. The van der Waals surface area contributed by atoms with Crippen LogP contribution >= 0.6 is 0 Å². The van der Waals surface area contributed by atoms with Crippen molar-refractivity contribution in [2.24, 2.45) is 17.4 Å². The van der Waals surface area contributed by atoms with Crippen molar-refractivity contribution in [3.8, 4) is 11.1 Å². The van der Waals surface area contributed by atoms with E-state index in [-0.39, 0.29) is 12.2 Å². The van der Waals surface area contributed by atoms with Gasteiger partial charge in [-0.1, -0.05) is 36.4 Å². The van der Waals surface area contributed by atoms with Crippen LogP contribution in [0.4, 0.5) is 4.39 Å². The molecule has 0 aliphatic rings. The molecule has 0 saturated heterocycles. The molecule has 0 aliphatic carbocycles. The quantitative estimate of drug-likeness (QED) is 0.855. The maximum Gasteiger partial charge on any atom is 0.221 e. The van der Waals surface area contributed by atoms with Gasteiger partial charge in [0.15, 0.2) is 0 Å². The lowest BCUT2D eigenvalue weighted by Gasteiger charge is -2.12. The van der Waals surface area contributed by atoms with Crippen LogP contribution in [0.2, 0.25) is 0 Å². The zero-order valence-corrected chi connectivity index (χ0v) is 12.0. The largest absolute Gasteiger partial charge is 0.370 e. The standard InChI is InChI=1S/C17H17FN2O2/c18-15-3-1-2-13(9-15)12-6-4-11(5-7-12)8-14(17(20)22)10-16(19)21/h1-7,9,14H,8,10H2,(H2,19,21)(H2,20,22). The second-order valence-corrected chi connectivity index (χ2v) is 5.18. The molecule has 0 aliphatic heterocycles. The fourth-order valence-electron chi connectivity index (χ4n) is 2.30. The van der Waals surface area contributed by atoms with Gasteiger partial charge in [0.25, 0.3) is 0 Å². The van der Waals surface area contributed by atoms with E-state index in [4.69, 9.17) is 11.5 Å². The highest BCUT2D eigenvalue weighted by atomic mass is 19.1. The third kappa shape index (κ3) is 4.15. The van der Waals surface area contributed by atoms with Crippen LogP contribution in [0, 0.1) is 11.7 Å². The number of carbonyl (C=O) groups excluding carboxylic acids is 2. The number of nitrogens with two attached hydrogens (primary N) is 2. The fourth-order valence-corrected chi connectivity index (χ4v) is 2.30. The van der Waals surface area contributed by atoms with E-state index in [1.807, 2.05) is 30.3 Å². The van der Waals surface area contributed by atoms with E-state index in [2.05, 4.69) is 0 Å². The van der Waals surface area contributed by atoms with Gasteiger partial charge in [0.2, 0.25) is 11.8 Å². The van der Waals surface area contributed by atoms with E-state index >= 15 is 0 Å². The minimum Gasteiger partial charge on any atom is -0.370 e. The third-order valence-corrected chi connectivity index (χ3v) is 3.44. The van der Waals surface area contributed by atoms with Crippen LogP contribution in [0.15, 0.2) is 48.5 Å². The molecular formula is C17H17FN2O2. The average molecular weight is 300 g/mol. The Bertz CT molecular complexity index is 683. The van der Waals surface area contributed by atoms with Crippen molar-refractivity contribution in [1.82, 2.24) is 0 Å². The number of hydrogen-bond acceptors (Lipinski definition) is 2. The summed E-state index contributed by atoms with van der Waals surface area (Å²) < 4.78 is 13.2. The minimum absolute atomic E-state index is 0.0685. The van der Waals surface area contributed by atoms with Crippen molar-refractivity contribution in [3.63, 3.8) is 0 Å². The highest BCUT2D eigenvalue weighted by Gasteiger charge is 2.18. The van der Waals surface area contributed by atoms with Gasteiger partial charge in [0, 0.05) is 6.42 Å². The predicted molar refractivity (Wildman–Crippen MR) is 82.0 cm³/mol. The van der Waals surface area contributed by atoms with Gasteiger partial charge in [-0.3, -0.25) is 9.59 Å². The van der Waals surface area contributed by atoms with E-state index < -0.39 is 17.7 Å². The first-order chi connectivity index (χ1) is 10.5. The van der Waals surface area contributed by atoms with Gasteiger partial charge in [0.05, 0.1) is 5.92 Å². The van der Waals surface area contributed by atoms with Crippen molar-refractivity contribution in [2.75, 3.05) is 0 Å². The number of hydrogen-bond donors (Lipinski definition) is 2. The molecule has 4 N–H and O–H groups in total. The van der Waals surface area contributed by atoms with Gasteiger partial charge in [-0.05, 0) is 35.2 Å². The fraction of sp³-hybridized carbons (Fsp3) is 0.176. The van der Waals surface area contributed by atoms with E-state index in [0.29, 0.717) is 6.42 Å². The van der Waals surface area contributed by atoms with Crippen molar-refractivity contribution >= 4 is 11.8 Å². The Labute approximate surface area is 127 Å². The Hall–Kier alpha value is -2.69. The van der Waals surface area contributed by atoms with Crippen LogP contribution in [-0.2, 0) is 16.0 Å². The van der Waals surface area contributed by atoms with E-state index in [9.17, 15) is 14.0 Å². The van der Waals surface area contributed by atoms with Crippen molar-refractivity contribution in [1.29, 1.82) is 0 Å². The van der Waals surface area contributed by atoms with Crippen LogP contribution in [-0.4, -0.2) is 11.8 Å². The summed E-state index contributed by atoms with van der Waals surface area (Å²) in [4.78, 5) is 22.3. The number of carbonyl (C=O) groups is 2. The topological polar surface area (TPSA) is 86.2 Å². The van der Waals surface area contributed by atoms with Crippen molar-refractivity contribution in [3.05, 3.63) is 59.9 Å². The Balaban J connectivity index is 2.14. The van der Waals surface area contributed by atoms with Gasteiger partial charge in [-0.2, -0.15) is 0 Å². The van der Waals surface area contributed by atoms with E-state index in [1.165, 1.54) is 12.1 Å². The number of amides is 2. The number of benzene rings is 2. The first-order valence-electron chi connectivity index (χ1n) is 6.88. The summed E-state index contributed by atoms with van der Waals surface area (Å²) in [5.74, 6) is -2.01. The summed E-state index contributed by atoms with van der Waals surface area (Å²) in [5, 5.41) is 0. The average Bonchev–Trinajstić information content (AvgIpc) is 2.47. The summed E-state index contributed by atoms with van der Waals surface area (Å²) in [5.41, 5.74) is 12.9. The first kappa shape index (κ1) is 15.7. The highest BCUT2D eigenvalue weighted by molar-refractivity contribution is 5.84. The van der Waals surface area contributed by atoms with Gasteiger partial charge < -0.3 is 11.5 Å². The normalized spacial score (nSPS) is 11.9. The SMILES string of the molecule is NC(=O)CC(Cc1ccc(-c2cccc(F)c2)cc1)C(N)=O.